The number of aromatic nitrogens is 4. The van der Waals surface area contributed by atoms with E-state index in [0.29, 0.717) is 29.9 Å². The Balaban J connectivity index is 1.80. The van der Waals surface area contributed by atoms with Crippen LogP contribution < -0.4 is 5.73 Å². The van der Waals surface area contributed by atoms with Gasteiger partial charge in [0.25, 0.3) is 0 Å². The molecule has 0 bridgehead atoms. The van der Waals surface area contributed by atoms with E-state index in [-0.39, 0.29) is 23.2 Å². The lowest BCUT2D eigenvalue weighted by atomic mass is 10.1. The van der Waals surface area contributed by atoms with Gasteiger partial charge in [0, 0.05) is 18.7 Å². The van der Waals surface area contributed by atoms with Crippen molar-refractivity contribution in [3.63, 3.8) is 0 Å². The van der Waals surface area contributed by atoms with Crippen LogP contribution in [-0.2, 0) is 10.0 Å². The molecule has 0 radical (unpaired) electrons. The number of fused-ring (bicyclic) bond motifs is 1. The van der Waals surface area contributed by atoms with Crippen LogP contribution in [0.1, 0.15) is 12.0 Å². The fourth-order valence-corrected chi connectivity index (χ4v) is 4.78. The van der Waals surface area contributed by atoms with Gasteiger partial charge in [-0.2, -0.15) is 14.7 Å². The fourth-order valence-electron chi connectivity index (χ4n) is 3.26. The van der Waals surface area contributed by atoms with Crippen molar-refractivity contribution in [2.24, 2.45) is 5.92 Å². The predicted octanol–water partition coefficient (Wildman–Crippen LogP) is 1.22. The molecule has 4 rings (SSSR count). The van der Waals surface area contributed by atoms with Crippen molar-refractivity contribution < 1.29 is 8.42 Å². The van der Waals surface area contributed by atoms with Crippen molar-refractivity contribution in [2.75, 3.05) is 18.8 Å². The highest BCUT2D eigenvalue weighted by atomic mass is 32.2. The van der Waals surface area contributed by atoms with Gasteiger partial charge in [0.15, 0.2) is 11.5 Å². The summed E-state index contributed by atoms with van der Waals surface area (Å²) >= 11 is 0. The van der Waals surface area contributed by atoms with Crippen LogP contribution in [-0.4, -0.2) is 45.4 Å². The molecular weight excluding hydrogens is 366 g/mol. The average Bonchev–Trinajstić information content (AvgIpc) is 3.30. The number of nitrogen functional groups attached to an aromatic ring is 1. The Morgan fingerprint density at radius 2 is 2.15 bits per heavy atom. The van der Waals surface area contributed by atoms with Gasteiger partial charge in [-0.25, -0.2) is 22.9 Å². The molecule has 1 atom stereocenters. The second kappa shape index (κ2) is 6.29. The lowest BCUT2D eigenvalue weighted by Gasteiger charge is -2.17. The van der Waals surface area contributed by atoms with Gasteiger partial charge in [-0.3, -0.25) is 0 Å². The summed E-state index contributed by atoms with van der Waals surface area (Å²) in [4.78, 5) is 8.34. The van der Waals surface area contributed by atoms with Crippen LogP contribution in [0.15, 0.2) is 35.6 Å². The van der Waals surface area contributed by atoms with Crippen molar-refractivity contribution in [2.45, 2.75) is 18.2 Å². The largest absolute Gasteiger partial charge is 0.381 e. The number of aryl methyl sites for hydroxylation is 1. The molecule has 9 nitrogen and oxygen atoms in total. The molecule has 1 saturated heterocycles. The van der Waals surface area contributed by atoms with E-state index in [2.05, 4.69) is 21.1 Å². The quantitative estimate of drug-likeness (QED) is 0.719. The van der Waals surface area contributed by atoms with E-state index in [0.717, 1.165) is 5.56 Å². The van der Waals surface area contributed by atoms with Gasteiger partial charge in [0.05, 0.1) is 28.8 Å². The van der Waals surface area contributed by atoms with E-state index >= 15 is 0 Å². The summed E-state index contributed by atoms with van der Waals surface area (Å²) in [6.45, 7) is 2.46. The maximum atomic E-state index is 13.0. The molecule has 1 aliphatic rings. The molecule has 1 fully saturated rings. The molecule has 138 valence electrons. The third-order valence-corrected chi connectivity index (χ3v) is 6.65. The van der Waals surface area contributed by atoms with Crippen LogP contribution in [0, 0.1) is 24.2 Å². The number of nitrogens with two attached hydrogens (primary N) is 1. The van der Waals surface area contributed by atoms with Crippen molar-refractivity contribution in [3.8, 4) is 17.3 Å². The molecule has 2 N–H and O–H groups in total. The van der Waals surface area contributed by atoms with E-state index in [4.69, 9.17) is 11.0 Å². The molecule has 2 aromatic heterocycles. The normalized spacial score (nSPS) is 18.0. The molecule has 0 saturated carbocycles. The van der Waals surface area contributed by atoms with Gasteiger partial charge in [-0.05, 0) is 31.0 Å². The molecule has 1 aromatic carbocycles. The first-order valence-corrected chi connectivity index (χ1v) is 9.81. The number of hydrogen-bond donors (Lipinski definition) is 1. The van der Waals surface area contributed by atoms with Crippen LogP contribution in [0.2, 0.25) is 0 Å². The number of hydrogen-bond acceptors (Lipinski definition) is 7. The van der Waals surface area contributed by atoms with Crippen molar-refractivity contribution in [1.29, 1.82) is 5.26 Å². The summed E-state index contributed by atoms with van der Waals surface area (Å²) in [5.41, 5.74) is 8.44. The Hall–Kier alpha value is -3.03. The molecule has 10 heteroatoms. The zero-order chi connectivity index (χ0) is 19.2. The SMILES string of the molecule is Cc1ccc(S(=O)(=O)N2CCC(C#N)C2)cc1-c1cnc2c(N)ncnn12. The molecule has 0 spiro atoms. The topological polar surface area (TPSA) is 130 Å². The van der Waals surface area contributed by atoms with E-state index in [1.165, 1.54) is 10.6 Å². The minimum atomic E-state index is -3.68. The molecule has 27 heavy (non-hydrogen) atoms. The number of benzene rings is 1. The summed E-state index contributed by atoms with van der Waals surface area (Å²) in [6.07, 6.45) is 3.48. The molecule has 3 heterocycles. The summed E-state index contributed by atoms with van der Waals surface area (Å²) in [5.74, 6) is -0.0135. The maximum absolute atomic E-state index is 13.0. The molecule has 1 unspecified atom stereocenters. The Kier molecular flexibility index (Phi) is 4.05. The zero-order valence-electron chi connectivity index (χ0n) is 14.6. The minimum absolute atomic E-state index is 0.179. The second-order valence-electron chi connectivity index (χ2n) is 6.48. The number of anilines is 1. The lowest BCUT2D eigenvalue weighted by Crippen LogP contribution is -2.28. The first-order chi connectivity index (χ1) is 12.9. The van der Waals surface area contributed by atoms with Gasteiger partial charge >= 0.3 is 0 Å². The van der Waals surface area contributed by atoms with Crippen molar-refractivity contribution in [1.82, 2.24) is 23.9 Å². The Labute approximate surface area is 156 Å². The smallest absolute Gasteiger partial charge is 0.243 e. The van der Waals surface area contributed by atoms with E-state index in [9.17, 15) is 8.42 Å². The first kappa shape index (κ1) is 17.4. The van der Waals surface area contributed by atoms with Gasteiger partial charge in [-0.15, -0.1) is 0 Å². The second-order valence-corrected chi connectivity index (χ2v) is 8.42. The highest BCUT2D eigenvalue weighted by Gasteiger charge is 2.33. The molecule has 0 amide bonds. The predicted molar refractivity (Wildman–Crippen MR) is 97.8 cm³/mol. The summed E-state index contributed by atoms with van der Waals surface area (Å²) < 4.78 is 28.9. The molecule has 3 aromatic rings. The van der Waals surface area contributed by atoms with E-state index in [1.807, 2.05) is 6.92 Å². The molecule has 1 aliphatic heterocycles. The average molecular weight is 383 g/mol. The Bertz CT molecular complexity index is 1180. The van der Waals surface area contributed by atoms with Crippen LogP contribution in [0.4, 0.5) is 5.82 Å². The third kappa shape index (κ3) is 2.81. The first-order valence-electron chi connectivity index (χ1n) is 8.37. The van der Waals surface area contributed by atoms with Crippen molar-refractivity contribution >= 4 is 21.5 Å². The fraction of sp³-hybridized carbons (Fsp3) is 0.294. The summed E-state index contributed by atoms with van der Waals surface area (Å²) in [7, 11) is -3.68. The van der Waals surface area contributed by atoms with Crippen LogP contribution in [0.5, 0.6) is 0 Å². The monoisotopic (exact) mass is 383 g/mol. The van der Waals surface area contributed by atoms with Gasteiger partial charge < -0.3 is 5.73 Å². The highest BCUT2D eigenvalue weighted by molar-refractivity contribution is 7.89. The molecule has 0 aliphatic carbocycles. The third-order valence-electron chi connectivity index (χ3n) is 4.79. The Morgan fingerprint density at radius 1 is 1.33 bits per heavy atom. The number of imidazole rings is 1. The van der Waals surface area contributed by atoms with Crippen LogP contribution >= 0.6 is 0 Å². The maximum Gasteiger partial charge on any atom is 0.243 e. The zero-order valence-corrected chi connectivity index (χ0v) is 15.4. The van der Waals surface area contributed by atoms with E-state index < -0.39 is 10.0 Å². The lowest BCUT2D eigenvalue weighted by molar-refractivity contribution is 0.471. The summed E-state index contributed by atoms with van der Waals surface area (Å²) in [6, 6.07) is 7.10. The Morgan fingerprint density at radius 3 is 2.89 bits per heavy atom. The standard InChI is InChI=1S/C17H17N7O2S/c1-11-2-3-13(27(25,26)23-5-4-12(7-18)9-23)6-14(11)15-8-20-17-16(19)21-10-22-24(15)17/h2-3,6,8,10,12H,4-5,9H2,1H3,(H2,19,21,22). The highest BCUT2D eigenvalue weighted by Crippen LogP contribution is 2.30. The number of nitriles is 1. The number of rotatable bonds is 3. The number of nitrogens with zero attached hydrogens (tertiary/aromatic N) is 6. The van der Waals surface area contributed by atoms with Crippen LogP contribution in [0.3, 0.4) is 0 Å². The van der Waals surface area contributed by atoms with Crippen molar-refractivity contribution in [3.05, 3.63) is 36.3 Å². The van der Waals surface area contributed by atoms with Crippen LogP contribution in [0.25, 0.3) is 16.9 Å². The molecular formula is C17H17N7O2S. The summed E-state index contributed by atoms with van der Waals surface area (Å²) in [5, 5.41) is 13.2. The van der Waals surface area contributed by atoms with Gasteiger partial charge in [0.2, 0.25) is 10.0 Å². The van der Waals surface area contributed by atoms with Gasteiger partial charge in [-0.1, -0.05) is 6.07 Å². The minimum Gasteiger partial charge on any atom is -0.381 e. The number of sulfonamides is 1. The van der Waals surface area contributed by atoms with E-state index in [1.54, 1.807) is 28.9 Å². The van der Waals surface area contributed by atoms with Gasteiger partial charge in [0.1, 0.15) is 6.33 Å².